The quantitative estimate of drug-likeness (QED) is 0.248. The van der Waals surface area contributed by atoms with Gasteiger partial charge in [-0.2, -0.15) is 0 Å². The number of rotatable bonds is 5. The molecule has 3 aliphatic carbocycles. The number of likely N-dealkylation sites (N-methyl/N-ethyl adjacent to an activating group) is 1. The summed E-state index contributed by atoms with van der Waals surface area (Å²) in [6, 6.07) is -1.05. The van der Waals surface area contributed by atoms with Crippen LogP contribution in [0.15, 0.2) is 22.7 Å². The SMILES string of the molecule is CCCNc1nc(Cl)c2c(c1O)C(=O)C1=C(O)[C@]3(O)C(=O)C(C(N)=O)=C(O)[C@@H](N(C)C)[C@@H]3C[C@@H]1C2. The Hall–Kier alpha value is -3.15. The van der Waals surface area contributed by atoms with Gasteiger partial charge in [0.15, 0.2) is 23.0 Å². The van der Waals surface area contributed by atoms with E-state index in [-0.39, 0.29) is 40.5 Å². The van der Waals surface area contributed by atoms with Gasteiger partial charge in [0.2, 0.25) is 5.78 Å². The fraction of sp³-hybridized carbons (Fsp3) is 0.478. The molecule has 7 N–H and O–H groups in total. The second-order valence-corrected chi connectivity index (χ2v) is 9.70. The van der Waals surface area contributed by atoms with E-state index < -0.39 is 63.8 Å². The number of Topliss-reactive ketones (excluding diaryl/α,β-unsaturated/α-hetero) is 2. The van der Waals surface area contributed by atoms with E-state index in [1.54, 1.807) is 14.1 Å². The number of nitrogens with one attached hydrogen (secondary N) is 1. The minimum absolute atomic E-state index is 0.000160. The molecular weight excluding hydrogens is 480 g/mol. The predicted octanol–water partition coefficient (Wildman–Crippen LogP) is 0.991. The van der Waals surface area contributed by atoms with E-state index in [2.05, 4.69) is 10.3 Å². The Morgan fingerprint density at radius 2 is 1.94 bits per heavy atom. The molecule has 0 radical (unpaired) electrons. The van der Waals surface area contributed by atoms with E-state index in [0.29, 0.717) is 13.0 Å². The average Bonchev–Trinajstić information content (AvgIpc) is 2.77. The number of allylic oxidation sites excluding steroid dienone is 1. The monoisotopic (exact) mass is 506 g/mol. The summed E-state index contributed by atoms with van der Waals surface area (Å²) in [5.74, 6) is -7.15. The fourth-order valence-corrected chi connectivity index (χ4v) is 5.79. The van der Waals surface area contributed by atoms with Crippen molar-refractivity contribution in [2.24, 2.45) is 17.6 Å². The smallest absolute Gasteiger partial charge is 0.255 e. The number of fused-ring (bicyclic) bond motifs is 3. The molecule has 11 nitrogen and oxygen atoms in total. The molecule has 188 valence electrons. The van der Waals surface area contributed by atoms with E-state index in [9.17, 15) is 34.8 Å². The third-order valence-electron chi connectivity index (χ3n) is 7.08. The number of ketones is 2. The number of primary amides is 1. The Bertz CT molecular complexity index is 1220. The number of anilines is 1. The van der Waals surface area contributed by atoms with Crippen molar-refractivity contribution in [1.29, 1.82) is 0 Å². The molecule has 0 aliphatic heterocycles. The molecule has 3 aliphatic rings. The van der Waals surface area contributed by atoms with Crippen molar-refractivity contribution in [2.45, 2.75) is 37.8 Å². The second-order valence-electron chi connectivity index (χ2n) is 9.34. The van der Waals surface area contributed by atoms with Crippen molar-refractivity contribution in [3.8, 4) is 5.75 Å². The first-order chi connectivity index (χ1) is 16.4. The molecule has 12 heteroatoms. The number of aromatic hydroxyl groups is 1. The summed E-state index contributed by atoms with van der Waals surface area (Å²) < 4.78 is 0. The summed E-state index contributed by atoms with van der Waals surface area (Å²) in [5.41, 5.74) is 1.65. The van der Waals surface area contributed by atoms with E-state index in [1.807, 2.05) is 6.92 Å². The highest BCUT2D eigenvalue weighted by Crippen LogP contribution is 2.53. The van der Waals surface area contributed by atoms with Gasteiger partial charge >= 0.3 is 0 Å². The molecule has 1 aromatic heterocycles. The number of nitrogens with two attached hydrogens (primary N) is 1. The Morgan fingerprint density at radius 1 is 1.29 bits per heavy atom. The highest BCUT2D eigenvalue weighted by atomic mass is 35.5. The molecule has 1 heterocycles. The standard InChI is InChI=1S/C23H27ClN4O7/c1-4-5-26-22-17(31)12-9(20(24)27-22)6-8-7-10-14(28(2)3)16(30)13(21(25)34)19(33)23(10,35)18(32)11(8)15(12)29/h8,10,14,30-32,35H,4-7H2,1-3H3,(H2,25,34)(H,26,27)/t8-,10-,14-,23-/m0/s1. The first kappa shape index (κ1) is 25.0. The normalized spacial score (nSPS) is 28.1. The number of pyridine rings is 1. The van der Waals surface area contributed by atoms with Gasteiger partial charge in [0.05, 0.1) is 11.6 Å². The number of halogens is 1. The summed E-state index contributed by atoms with van der Waals surface area (Å²) in [6.45, 7) is 2.35. The number of amides is 1. The maximum absolute atomic E-state index is 13.6. The van der Waals surface area contributed by atoms with Crippen LogP contribution >= 0.6 is 11.6 Å². The average molecular weight is 507 g/mol. The molecule has 0 unspecified atom stereocenters. The molecule has 4 atom stereocenters. The zero-order valence-corrected chi connectivity index (χ0v) is 20.2. The Balaban J connectivity index is 1.93. The summed E-state index contributed by atoms with van der Waals surface area (Å²) in [6.07, 6.45) is 0.782. The maximum atomic E-state index is 13.6. The van der Waals surface area contributed by atoms with Gasteiger partial charge in [0.1, 0.15) is 22.2 Å². The highest BCUT2D eigenvalue weighted by molar-refractivity contribution is 6.32. The zero-order valence-electron chi connectivity index (χ0n) is 19.4. The third kappa shape index (κ3) is 3.40. The summed E-state index contributed by atoms with van der Waals surface area (Å²) in [5, 5.41) is 47.3. The summed E-state index contributed by atoms with van der Waals surface area (Å²) >= 11 is 6.37. The first-order valence-corrected chi connectivity index (χ1v) is 11.6. The molecule has 1 aromatic rings. The fourth-order valence-electron chi connectivity index (χ4n) is 5.53. The number of nitrogens with zero attached hydrogens (tertiary/aromatic N) is 2. The number of carbonyl (C=O) groups is 3. The third-order valence-corrected chi connectivity index (χ3v) is 7.39. The van der Waals surface area contributed by atoms with Crippen LogP contribution in [0.1, 0.15) is 35.7 Å². The van der Waals surface area contributed by atoms with Crippen LogP contribution in [0.4, 0.5) is 5.82 Å². The lowest BCUT2D eigenvalue weighted by Gasteiger charge is -2.50. The zero-order chi connectivity index (χ0) is 26.0. The molecule has 0 bridgehead atoms. The first-order valence-electron chi connectivity index (χ1n) is 11.2. The van der Waals surface area contributed by atoms with Crippen molar-refractivity contribution in [1.82, 2.24) is 9.88 Å². The van der Waals surface area contributed by atoms with Crippen LogP contribution in [0, 0.1) is 11.8 Å². The molecule has 1 amide bonds. The van der Waals surface area contributed by atoms with Crippen LogP contribution < -0.4 is 11.1 Å². The molecule has 0 saturated carbocycles. The Morgan fingerprint density at radius 3 is 2.51 bits per heavy atom. The van der Waals surface area contributed by atoms with Gasteiger partial charge < -0.3 is 31.5 Å². The van der Waals surface area contributed by atoms with E-state index in [0.717, 1.165) is 0 Å². The predicted molar refractivity (Wildman–Crippen MR) is 125 cm³/mol. The van der Waals surface area contributed by atoms with Crippen molar-refractivity contribution in [2.75, 3.05) is 26.0 Å². The molecule has 0 aromatic carbocycles. The Labute approximate surface area is 205 Å². The van der Waals surface area contributed by atoms with Crippen LogP contribution in [-0.2, 0) is 16.0 Å². The highest BCUT2D eigenvalue weighted by Gasteiger charge is 2.63. The van der Waals surface area contributed by atoms with Crippen LogP contribution in [0.25, 0.3) is 0 Å². The number of hydrogen-bond donors (Lipinski definition) is 6. The van der Waals surface area contributed by atoms with Gasteiger partial charge in [0, 0.05) is 23.6 Å². The minimum atomic E-state index is -2.68. The largest absolute Gasteiger partial charge is 0.510 e. The van der Waals surface area contributed by atoms with Gasteiger partial charge in [-0.15, -0.1) is 0 Å². The van der Waals surface area contributed by atoms with Gasteiger partial charge in [-0.25, -0.2) is 4.98 Å². The summed E-state index contributed by atoms with van der Waals surface area (Å²) in [4.78, 5) is 44.5. The number of aliphatic hydroxyl groups excluding tert-OH is 2. The molecule has 0 fully saturated rings. The number of aliphatic hydroxyl groups is 3. The van der Waals surface area contributed by atoms with Crippen molar-refractivity contribution in [3.63, 3.8) is 0 Å². The minimum Gasteiger partial charge on any atom is -0.510 e. The van der Waals surface area contributed by atoms with E-state index in [1.165, 1.54) is 4.90 Å². The topological polar surface area (TPSA) is 186 Å². The maximum Gasteiger partial charge on any atom is 0.255 e. The van der Waals surface area contributed by atoms with Crippen molar-refractivity contribution >= 4 is 34.9 Å². The van der Waals surface area contributed by atoms with Crippen LogP contribution in [-0.4, -0.2) is 80.1 Å². The lowest BCUT2D eigenvalue weighted by molar-refractivity contribution is -0.148. The van der Waals surface area contributed by atoms with Gasteiger partial charge in [-0.1, -0.05) is 18.5 Å². The second kappa shape index (κ2) is 8.51. The van der Waals surface area contributed by atoms with Crippen LogP contribution in [0.2, 0.25) is 5.15 Å². The lowest BCUT2D eigenvalue weighted by Crippen LogP contribution is -2.63. The number of aromatic nitrogens is 1. The molecule has 0 spiro atoms. The lowest BCUT2D eigenvalue weighted by atomic mass is 9.58. The van der Waals surface area contributed by atoms with Crippen LogP contribution in [0.3, 0.4) is 0 Å². The molecule has 4 rings (SSSR count). The van der Waals surface area contributed by atoms with Crippen molar-refractivity contribution in [3.05, 3.63) is 38.9 Å². The molecular formula is C23H27ClN4O7. The van der Waals surface area contributed by atoms with E-state index in [4.69, 9.17) is 17.3 Å². The van der Waals surface area contributed by atoms with Gasteiger partial charge in [-0.3, -0.25) is 19.3 Å². The summed E-state index contributed by atoms with van der Waals surface area (Å²) in [7, 11) is 3.13. The van der Waals surface area contributed by atoms with Gasteiger partial charge in [0.25, 0.3) is 5.91 Å². The Kier molecular flexibility index (Phi) is 6.06. The van der Waals surface area contributed by atoms with E-state index >= 15 is 0 Å². The number of hydrogen-bond acceptors (Lipinski definition) is 10. The number of carbonyl (C=O) groups excluding carboxylic acids is 3. The van der Waals surface area contributed by atoms with Crippen molar-refractivity contribution < 1.29 is 34.8 Å². The molecule has 0 saturated heterocycles. The van der Waals surface area contributed by atoms with Crippen LogP contribution in [0.5, 0.6) is 5.75 Å². The molecule has 35 heavy (non-hydrogen) atoms. The van der Waals surface area contributed by atoms with Gasteiger partial charge in [-0.05, 0) is 39.3 Å².